The van der Waals surface area contributed by atoms with Crippen molar-refractivity contribution < 1.29 is 19.6 Å². The van der Waals surface area contributed by atoms with Gasteiger partial charge in [-0.1, -0.05) is 6.07 Å². The van der Waals surface area contributed by atoms with Crippen LogP contribution < -0.4 is 10.1 Å². The van der Waals surface area contributed by atoms with Gasteiger partial charge in [0.05, 0.1) is 4.92 Å². The Morgan fingerprint density at radius 2 is 2.30 bits per heavy atom. The van der Waals surface area contributed by atoms with Gasteiger partial charge >= 0.3 is 5.97 Å². The van der Waals surface area contributed by atoms with Crippen molar-refractivity contribution in [2.24, 2.45) is 0 Å². The molecule has 1 saturated carbocycles. The Labute approximate surface area is 123 Å². The first-order chi connectivity index (χ1) is 9.49. The van der Waals surface area contributed by atoms with Crippen LogP contribution in [0.3, 0.4) is 0 Å². The second kappa shape index (κ2) is 6.19. The third-order valence-corrected chi connectivity index (χ3v) is 3.65. The highest BCUT2D eigenvalue weighted by atomic mass is 79.9. The molecule has 1 aromatic carbocycles. The standard InChI is InChI=1S/C12H13BrN2O5/c13-11-9(15(18)19)2-1-3-10(11)20-6-8(12(16)17)14-7-4-5-7/h1-3,7-8,14H,4-6H2,(H,16,17). The summed E-state index contributed by atoms with van der Waals surface area (Å²) in [5.41, 5.74) is -0.121. The van der Waals surface area contributed by atoms with E-state index >= 15 is 0 Å². The number of nitro benzene ring substituents is 1. The number of nitro groups is 1. The monoisotopic (exact) mass is 344 g/mol. The molecule has 1 fully saturated rings. The van der Waals surface area contributed by atoms with Crippen molar-refractivity contribution in [2.75, 3.05) is 6.61 Å². The number of rotatable bonds is 7. The van der Waals surface area contributed by atoms with E-state index in [-0.39, 0.29) is 28.6 Å². The predicted molar refractivity (Wildman–Crippen MR) is 73.9 cm³/mol. The van der Waals surface area contributed by atoms with Crippen molar-refractivity contribution in [2.45, 2.75) is 24.9 Å². The summed E-state index contributed by atoms with van der Waals surface area (Å²) < 4.78 is 5.59. The minimum Gasteiger partial charge on any atom is -0.490 e. The fraction of sp³-hybridized carbons (Fsp3) is 0.417. The molecule has 0 radical (unpaired) electrons. The van der Waals surface area contributed by atoms with Crippen LogP contribution in [0.5, 0.6) is 5.75 Å². The van der Waals surface area contributed by atoms with Gasteiger partial charge in [0.2, 0.25) is 0 Å². The lowest BCUT2D eigenvalue weighted by atomic mass is 10.3. The van der Waals surface area contributed by atoms with E-state index in [0.29, 0.717) is 0 Å². The Kier molecular flexibility index (Phi) is 4.56. The second-order valence-corrected chi connectivity index (χ2v) is 5.28. The van der Waals surface area contributed by atoms with Crippen molar-refractivity contribution in [3.8, 4) is 5.75 Å². The number of hydrogen-bond acceptors (Lipinski definition) is 5. The van der Waals surface area contributed by atoms with Gasteiger partial charge in [0.1, 0.15) is 22.9 Å². The molecule has 0 aromatic heterocycles. The van der Waals surface area contributed by atoms with E-state index in [9.17, 15) is 14.9 Å². The Morgan fingerprint density at radius 3 is 2.85 bits per heavy atom. The van der Waals surface area contributed by atoms with Crippen LogP contribution in [-0.4, -0.2) is 34.7 Å². The van der Waals surface area contributed by atoms with Crippen molar-refractivity contribution in [1.82, 2.24) is 5.32 Å². The zero-order valence-corrected chi connectivity index (χ0v) is 12.0. The molecule has 0 heterocycles. The molecule has 8 heteroatoms. The van der Waals surface area contributed by atoms with Crippen LogP contribution in [0, 0.1) is 10.1 Å². The highest BCUT2D eigenvalue weighted by molar-refractivity contribution is 9.10. The van der Waals surface area contributed by atoms with Crippen LogP contribution in [-0.2, 0) is 4.79 Å². The quantitative estimate of drug-likeness (QED) is 0.578. The number of nitrogens with zero attached hydrogens (tertiary/aromatic N) is 1. The van der Waals surface area contributed by atoms with E-state index in [4.69, 9.17) is 9.84 Å². The summed E-state index contributed by atoms with van der Waals surface area (Å²) in [6.45, 7) is -0.0917. The molecule has 7 nitrogen and oxygen atoms in total. The topological polar surface area (TPSA) is 102 Å². The van der Waals surface area contributed by atoms with Gasteiger partial charge in [-0.2, -0.15) is 0 Å². The predicted octanol–water partition coefficient (Wildman–Crippen LogP) is 1.94. The fourth-order valence-corrected chi connectivity index (χ4v) is 2.17. The molecule has 1 atom stereocenters. The van der Waals surface area contributed by atoms with Crippen molar-refractivity contribution in [3.05, 3.63) is 32.8 Å². The molecule has 1 aliphatic rings. The lowest BCUT2D eigenvalue weighted by molar-refractivity contribution is -0.385. The van der Waals surface area contributed by atoms with Crippen molar-refractivity contribution in [3.63, 3.8) is 0 Å². The molecular weight excluding hydrogens is 332 g/mol. The maximum absolute atomic E-state index is 11.1. The number of carboxylic acid groups (broad SMARTS) is 1. The van der Waals surface area contributed by atoms with Crippen LogP contribution in [0.25, 0.3) is 0 Å². The van der Waals surface area contributed by atoms with Crippen molar-refractivity contribution >= 4 is 27.6 Å². The number of carboxylic acids is 1. The average Bonchev–Trinajstić information content (AvgIpc) is 3.19. The van der Waals surface area contributed by atoms with Crippen molar-refractivity contribution in [1.29, 1.82) is 0 Å². The Hall–Kier alpha value is -1.67. The normalized spacial score (nSPS) is 15.7. The first kappa shape index (κ1) is 14.7. The summed E-state index contributed by atoms with van der Waals surface area (Å²) >= 11 is 3.10. The largest absolute Gasteiger partial charge is 0.490 e. The summed E-state index contributed by atoms with van der Waals surface area (Å²) in [5.74, 6) is -0.749. The summed E-state index contributed by atoms with van der Waals surface area (Å²) in [5, 5.41) is 22.8. The Morgan fingerprint density at radius 1 is 1.60 bits per heavy atom. The lowest BCUT2D eigenvalue weighted by Crippen LogP contribution is -2.42. The molecule has 0 aliphatic heterocycles. The van der Waals surface area contributed by atoms with Gasteiger partial charge in [0.15, 0.2) is 0 Å². The molecule has 108 valence electrons. The maximum Gasteiger partial charge on any atom is 0.324 e. The highest BCUT2D eigenvalue weighted by Gasteiger charge is 2.29. The number of ether oxygens (including phenoxy) is 1. The summed E-state index contributed by atoms with van der Waals surface area (Å²) in [6.07, 6.45) is 1.93. The zero-order chi connectivity index (χ0) is 14.7. The fourth-order valence-electron chi connectivity index (χ4n) is 1.65. The number of benzene rings is 1. The number of halogens is 1. The highest BCUT2D eigenvalue weighted by Crippen LogP contribution is 2.33. The summed E-state index contributed by atoms with van der Waals surface area (Å²) in [6, 6.07) is 3.78. The Bertz CT molecular complexity index is 533. The van der Waals surface area contributed by atoms with Gasteiger partial charge in [-0.05, 0) is 34.8 Å². The van der Waals surface area contributed by atoms with Gasteiger partial charge in [-0.3, -0.25) is 20.2 Å². The van der Waals surface area contributed by atoms with E-state index in [2.05, 4.69) is 21.2 Å². The van der Waals surface area contributed by atoms with E-state index in [0.717, 1.165) is 12.8 Å². The van der Waals surface area contributed by atoms with Crippen LogP contribution in [0.1, 0.15) is 12.8 Å². The molecule has 2 N–H and O–H groups in total. The molecule has 0 amide bonds. The van der Waals surface area contributed by atoms with E-state index in [1.165, 1.54) is 12.1 Å². The SMILES string of the molecule is O=C(O)C(COc1cccc([N+](=O)[O-])c1Br)NC1CC1. The van der Waals surface area contributed by atoms with Crippen LogP contribution in [0.15, 0.2) is 22.7 Å². The average molecular weight is 345 g/mol. The first-order valence-electron chi connectivity index (χ1n) is 6.03. The smallest absolute Gasteiger partial charge is 0.324 e. The third kappa shape index (κ3) is 3.67. The first-order valence-corrected chi connectivity index (χ1v) is 6.83. The number of hydrogen-bond donors (Lipinski definition) is 2. The van der Waals surface area contributed by atoms with E-state index in [1.807, 2.05) is 0 Å². The second-order valence-electron chi connectivity index (χ2n) is 4.49. The number of carbonyl (C=O) groups is 1. The summed E-state index contributed by atoms with van der Waals surface area (Å²) in [4.78, 5) is 21.3. The molecule has 0 bridgehead atoms. The van der Waals surface area contributed by atoms with Crippen LogP contribution in [0.4, 0.5) is 5.69 Å². The van der Waals surface area contributed by atoms with Gasteiger partial charge < -0.3 is 9.84 Å². The number of nitrogens with one attached hydrogen (secondary N) is 1. The summed E-state index contributed by atoms with van der Waals surface area (Å²) in [7, 11) is 0. The molecular formula is C12H13BrN2O5. The minimum atomic E-state index is -1.00. The molecule has 1 aliphatic carbocycles. The Balaban J connectivity index is 2.03. The van der Waals surface area contributed by atoms with Gasteiger partial charge in [0.25, 0.3) is 5.69 Å². The van der Waals surface area contributed by atoms with Crippen LogP contribution >= 0.6 is 15.9 Å². The zero-order valence-electron chi connectivity index (χ0n) is 10.4. The molecule has 20 heavy (non-hydrogen) atoms. The molecule has 1 unspecified atom stereocenters. The van der Waals surface area contributed by atoms with Gasteiger partial charge in [-0.25, -0.2) is 0 Å². The third-order valence-electron chi connectivity index (χ3n) is 2.86. The molecule has 2 rings (SSSR count). The lowest BCUT2D eigenvalue weighted by Gasteiger charge is -2.15. The van der Waals surface area contributed by atoms with Gasteiger partial charge in [0, 0.05) is 12.1 Å². The van der Waals surface area contributed by atoms with Crippen LogP contribution in [0.2, 0.25) is 0 Å². The maximum atomic E-state index is 11.1. The molecule has 0 saturated heterocycles. The van der Waals surface area contributed by atoms with E-state index in [1.54, 1.807) is 6.07 Å². The molecule has 1 aromatic rings. The minimum absolute atomic E-state index is 0.0917. The van der Waals surface area contributed by atoms with Gasteiger partial charge in [-0.15, -0.1) is 0 Å². The molecule has 0 spiro atoms. The van der Waals surface area contributed by atoms with E-state index < -0.39 is 16.9 Å². The number of aliphatic carboxylic acids is 1.